The molecule has 0 aliphatic carbocycles. The number of unbranched alkanes of at least 4 members (excludes halogenated alkanes) is 1. The Morgan fingerprint density at radius 3 is 2.33 bits per heavy atom. The maximum atomic E-state index is 12.1. The summed E-state index contributed by atoms with van der Waals surface area (Å²) in [5, 5.41) is 0. The molecule has 1 aromatic rings. The summed E-state index contributed by atoms with van der Waals surface area (Å²) in [7, 11) is 0. The van der Waals surface area contributed by atoms with E-state index in [4.69, 9.17) is 0 Å². The first kappa shape index (κ1) is 12.6. The molecule has 0 bridgehead atoms. The van der Waals surface area contributed by atoms with Gasteiger partial charge in [-0.3, -0.25) is 0 Å². The maximum Gasteiger partial charge on any atom is 0.279 e. The summed E-state index contributed by atoms with van der Waals surface area (Å²) < 4.78 is 24.3. The summed E-state index contributed by atoms with van der Waals surface area (Å²) in [5.41, 5.74) is 1.28. The largest absolute Gasteiger partial charge is 0.279 e. The van der Waals surface area contributed by atoms with Crippen LogP contribution in [0.5, 0.6) is 0 Å². The number of aryl methyl sites for hydroxylation is 1. The van der Waals surface area contributed by atoms with Crippen LogP contribution in [-0.4, -0.2) is 0 Å². The third-order valence-electron chi connectivity index (χ3n) is 2.16. The second-order valence-corrected chi connectivity index (χ2v) is 4.66. The highest BCUT2D eigenvalue weighted by Gasteiger charge is 2.01. The first-order valence-corrected chi connectivity index (χ1v) is 6.01. The van der Waals surface area contributed by atoms with Gasteiger partial charge in [0.25, 0.3) is 6.08 Å². The van der Waals surface area contributed by atoms with Crippen molar-refractivity contribution >= 4 is 22.6 Å². The number of rotatable bonds is 5. The molecule has 15 heavy (non-hydrogen) atoms. The Morgan fingerprint density at radius 1 is 1.07 bits per heavy atom. The predicted molar refractivity (Wildman–Crippen MR) is 67.3 cm³/mol. The van der Waals surface area contributed by atoms with Crippen LogP contribution in [0.15, 0.2) is 40.0 Å². The van der Waals surface area contributed by atoms with Gasteiger partial charge < -0.3 is 0 Å². The van der Waals surface area contributed by atoms with E-state index >= 15 is 0 Å². The number of halogens is 3. The summed E-state index contributed by atoms with van der Waals surface area (Å²) >= 11 is 1.72. The van der Waals surface area contributed by atoms with Crippen molar-refractivity contribution in [1.29, 1.82) is 0 Å². The minimum atomic E-state index is -1.53. The van der Waals surface area contributed by atoms with Crippen molar-refractivity contribution in [1.82, 2.24) is 0 Å². The average molecular weight is 322 g/mol. The summed E-state index contributed by atoms with van der Waals surface area (Å²) in [5.74, 6) is 0. The third-order valence-corrected chi connectivity index (χ3v) is 3.11. The van der Waals surface area contributed by atoms with Crippen LogP contribution in [0.25, 0.3) is 0 Å². The van der Waals surface area contributed by atoms with Crippen LogP contribution in [0.1, 0.15) is 24.8 Å². The molecule has 0 heterocycles. The van der Waals surface area contributed by atoms with Gasteiger partial charge in [-0.15, -0.1) is 0 Å². The van der Waals surface area contributed by atoms with Gasteiger partial charge in [-0.1, -0.05) is 30.3 Å². The average Bonchev–Trinajstić information content (AvgIpc) is 2.25. The lowest BCUT2D eigenvalue weighted by Crippen LogP contribution is -1.85. The molecule has 0 N–H and O–H groups in total. The molecule has 0 amide bonds. The Labute approximate surface area is 103 Å². The van der Waals surface area contributed by atoms with Gasteiger partial charge in [0.05, 0.1) is 3.58 Å². The van der Waals surface area contributed by atoms with E-state index in [1.807, 2.05) is 18.2 Å². The van der Waals surface area contributed by atoms with Gasteiger partial charge >= 0.3 is 0 Å². The zero-order valence-electron chi connectivity index (χ0n) is 8.35. The Hall–Kier alpha value is -0.450. The minimum absolute atomic E-state index is 0.195. The summed E-state index contributed by atoms with van der Waals surface area (Å²) in [6.45, 7) is 0. The molecule has 0 saturated carbocycles. The fourth-order valence-electron chi connectivity index (χ4n) is 1.35. The second kappa shape index (κ2) is 6.93. The molecular formula is C12H13F2I. The van der Waals surface area contributed by atoms with Crippen molar-refractivity contribution in [2.75, 3.05) is 0 Å². The first-order chi connectivity index (χ1) is 7.20. The molecule has 0 unspecified atom stereocenters. The highest BCUT2D eigenvalue weighted by atomic mass is 127. The Kier molecular flexibility index (Phi) is 5.83. The molecular weight excluding hydrogens is 309 g/mol. The molecule has 0 atom stereocenters. The highest BCUT2D eigenvalue weighted by molar-refractivity contribution is 14.1. The topological polar surface area (TPSA) is 0 Å². The van der Waals surface area contributed by atoms with Crippen molar-refractivity contribution in [2.24, 2.45) is 0 Å². The zero-order valence-corrected chi connectivity index (χ0v) is 10.5. The van der Waals surface area contributed by atoms with Gasteiger partial charge in [-0.2, -0.15) is 8.78 Å². The first-order valence-electron chi connectivity index (χ1n) is 4.93. The highest BCUT2D eigenvalue weighted by Crippen LogP contribution is 2.21. The smallest absolute Gasteiger partial charge is 0.173 e. The van der Waals surface area contributed by atoms with E-state index in [0.29, 0.717) is 6.42 Å². The Balaban J connectivity index is 2.21. The molecule has 0 saturated heterocycles. The van der Waals surface area contributed by atoms with Crippen molar-refractivity contribution in [3.63, 3.8) is 0 Å². The monoisotopic (exact) mass is 322 g/mol. The standard InChI is InChI=1S/C12H13F2I/c13-12(14)11(15)9-5-4-8-10-6-2-1-3-7-10/h1-3,6-7H,4-5,8-9H2. The lowest BCUT2D eigenvalue weighted by Gasteiger charge is -2.00. The van der Waals surface area contributed by atoms with E-state index < -0.39 is 6.08 Å². The normalized spacial score (nSPS) is 10.1. The quantitative estimate of drug-likeness (QED) is 0.532. The number of hydrogen-bond donors (Lipinski definition) is 0. The van der Waals surface area contributed by atoms with Gasteiger partial charge in [-0.25, -0.2) is 0 Å². The van der Waals surface area contributed by atoms with Gasteiger partial charge in [-0.05, 0) is 53.8 Å². The molecule has 0 spiro atoms. The molecule has 0 aromatic heterocycles. The van der Waals surface area contributed by atoms with E-state index in [1.165, 1.54) is 5.56 Å². The Bertz CT molecular complexity index is 316. The van der Waals surface area contributed by atoms with E-state index in [1.54, 1.807) is 22.6 Å². The molecule has 0 aliphatic rings. The summed E-state index contributed by atoms with van der Waals surface area (Å²) in [6.07, 6.45) is 1.72. The van der Waals surface area contributed by atoms with Crippen molar-refractivity contribution < 1.29 is 8.78 Å². The van der Waals surface area contributed by atoms with Crippen molar-refractivity contribution in [2.45, 2.75) is 25.7 Å². The lowest BCUT2D eigenvalue weighted by molar-refractivity contribution is 0.415. The van der Waals surface area contributed by atoms with Crippen LogP contribution in [0.3, 0.4) is 0 Å². The summed E-state index contributed by atoms with van der Waals surface area (Å²) in [6, 6.07) is 10.1. The van der Waals surface area contributed by atoms with Gasteiger partial charge in [0.1, 0.15) is 0 Å². The van der Waals surface area contributed by atoms with Gasteiger partial charge in [0, 0.05) is 0 Å². The molecule has 0 fully saturated rings. The van der Waals surface area contributed by atoms with Crippen LogP contribution in [0.4, 0.5) is 8.78 Å². The molecule has 1 rings (SSSR count). The maximum absolute atomic E-state index is 12.1. The number of benzene rings is 1. The van der Waals surface area contributed by atoms with Crippen LogP contribution in [0, 0.1) is 0 Å². The van der Waals surface area contributed by atoms with Crippen LogP contribution in [0.2, 0.25) is 0 Å². The summed E-state index contributed by atoms with van der Waals surface area (Å²) in [4.78, 5) is 0. The van der Waals surface area contributed by atoms with E-state index in [-0.39, 0.29) is 3.58 Å². The van der Waals surface area contributed by atoms with E-state index in [9.17, 15) is 8.78 Å². The minimum Gasteiger partial charge on any atom is -0.173 e. The molecule has 0 radical (unpaired) electrons. The van der Waals surface area contributed by atoms with Crippen molar-refractivity contribution in [3.05, 3.63) is 45.6 Å². The second-order valence-electron chi connectivity index (χ2n) is 3.36. The zero-order chi connectivity index (χ0) is 11.1. The van der Waals surface area contributed by atoms with Crippen LogP contribution < -0.4 is 0 Å². The predicted octanol–water partition coefficient (Wildman–Crippen LogP) is 4.94. The molecule has 0 aliphatic heterocycles. The number of hydrogen-bond acceptors (Lipinski definition) is 0. The van der Waals surface area contributed by atoms with Gasteiger partial charge in [0.2, 0.25) is 0 Å². The van der Waals surface area contributed by atoms with E-state index in [0.717, 1.165) is 19.3 Å². The number of allylic oxidation sites excluding steroid dienone is 1. The van der Waals surface area contributed by atoms with Crippen LogP contribution >= 0.6 is 22.6 Å². The fourth-order valence-corrected chi connectivity index (χ4v) is 1.73. The molecule has 3 heteroatoms. The van der Waals surface area contributed by atoms with Gasteiger partial charge in [0.15, 0.2) is 0 Å². The van der Waals surface area contributed by atoms with Crippen molar-refractivity contribution in [3.8, 4) is 0 Å². The third kappa shape index (κ3) is 5.25. The Morgan fingerprint density at radius 2 is 1.73 bits per heavy atom. The van der Waals surface area contributed by atoms with E-state index in [2.05, 4.69) is 12.1 Å². The SMILES string of the molecule is FC(F)=C(I)CCCCc1ccccc1. The molecule has 82 valence electrons. The molecule has 1 aromatic carbocycles. The fraction of sp³-hybridized carbons (Fsp3) is 0.333. The lowest BCUT2D eigenvalue weighted by atomic mass is 10.1. The van der Waals surface area contributed by atoms with Crippen LogP contribution in [-0.2, 0) is 6.42 Å². The molecule has 0 nitrogen and oxygen atoms in total.